The topological polar surface area (TPSA) is 89.9 Å². The van der Waals surface area contributed by atoms with Gasteiger partial charge in [0.2, 0.25) is 0 Å². The van der Waals surface area contributed by atoms with E-state index in [9.17, 15) is 14.8 Å². The number of carbonyl (C=O) groups is 2. The van der Waals surface area contributed by atoms with Crippen LogP contribution in [0.2, 0.25) is 0 Å². The maximum Gasteiger partial charge on any atom is 0.251 e. The Kier molecular flexibility index (Phi) is 7.32. The fraction of sp³-hybridized carbons (Fsp3) is 0.300. The number of rotatable bonds is 8. The maximum absolute atomic E-state index is 12.0. The van der Waals surface area contributed by atoms with E-state index in [1.165, 1.54) is 0 Å². The van der Waals surface area contributed by atoms with Crippen LogP contribution in [0.4, 0.5) is 5.69 Å². The summed E-state index contributed by atoms with van der Waals surface area (Å²) in [6.07, 6.45) is 2.28. The lowest BCUT2D eigenvalue weighted by atomic mass is 10.0. The van der Waals surface area contributed by atoms with E-state index in [2.05, 4.69) is 5.32 Å². The highest BCUT2D eigenvalue weighted by Gasteiger charge is 2.13. The number of carbonyl (C=O) groups excluding carboxylic acids is 2. The van der Waals surface area contributed by atoms with Gasteiger partial charge in [-0.05, 0) is 48.2 Å². The van der Waals surface area contributed by atoms with E-state index in [0.29, 0.717) is 29.2 Å². The number of nitrogens with zero attached hydrogens (tertiary/aromatic N) is 1. The number of hydrogen-bond donors (Lipinski definition) is 3. The number of unbranched alkanes of at least 4 members (excludes halogenated alkanes) is 2. The van der Waals surface area contributed by atoms with E-state index in [0.717, 1.165) is 17.5 Å². The van der Waals surface area contributed by atoms with Crippen LogP contribution in [0.25, 0.3) is 11.1 Å². The van der Waals surface area contributed by atoms with Crippen molar-refractivity contribution in [1.29, 1.82) is 0 Å². The van der Waals surface area contributed by atoms with Crippen molar-refractivity contribution in [2.75, 3.05) is 18.7 Å². The van der Waals surface area contributed by atoms with Crippen LogP contribution >= 0.6 is 0 Å². The first kappa shape index (κ1) is 19.6. The molecule has 2 aromatic rings. The lowest BCUT2D eigenvalue weighted by Crippen LogP contribution is -2.26. The minimum Gasteiger partial charge on any atom is -0.396 e. The molecule has 2 rings (SSSR count). The maximum atomic E-state index is 12.0. The predicted octanol–water partition coefficient (Wildman–Crippen LogP) is 2.99. The first-order chi connectivity index (χ1) is 12.6. The molecule has 0 bridgehead atoms. The van der Waals surface area contributed by atoms with Crippen molar-refractivity contribution >= 4 is 17.5 Å². The summed E-state index contributed by atoms with van der Waals surface area (Å²) in [4.78, 5) is 23.5. The van der Waals surface area contributed by atoms with E-state index < -0.39 is 0 Å². The number of benzene rings is 2. The summed E-state index contributed by atoms with van der Waals surface area (Å²) in [7, 11) is 1.59. The molecule has 0 aliphatic carbocycles. The Hall–Kier alpha value is -2.70. The minimum absolute atomic E-state index is 0.114. The highest BCUT2D eigenvalue weighted by atomic mass is 16.5. The molecule has 0 saturated heterocycles. The SMILES string of the molecule is CNC(=O)c1ccc(-c2ccc(N(O)C(=O)CCCCCO)cc2)cc1. The number of amides is 2. The van der Waals surface area contributed by atoms with Gasteiger partial charge in [-0.15, -0.1) is 0 Å². The quantitative estimate of drug-likeness (QED) is 0.385. The second-order valence-electron chi connectivity index (χ2n) is 5.94. The average molecular weight is 356 g/mol. The van der Waals surface area contributed by atoms with Crippen molar-refractivity contribution < 1.29 is 19.9 Å². The normalized spacial score (nSPS) is 10.4. The molecule has 3 N–H and O–H groups in total. The molecule has 0 saturated carbocycles. The highest BCUT2D eigenvalue weighted by molar-refractivity contribution is 5.94. The fourth-order valence-electron chi connectivity index (χ4n) is 2.57. The standard InChI is InChI=1S/C20H24N2O4/c1-21-20(25)17-8-6-15(7-9-17)16-10-12-18(13-11-16)22(26)19(24)5-3-2-4-14-23/h6-13,23,26H,2-5,14H2,1H3,(H,21,25). The van der Waals surface area contributed by atoms with Gasteiger partial charge >= 0.3 is 0 Å². The Morgan fingerprint density at radius 3 is 2.04 bits per heavy atom. The molecule has 138 valence electrons. The van der Waals surface area contributed by atoms with E-state index in [-0.39, 0.29) is 24.8 Å². The van der Waals surface area contributed by atoms with Crippen molar-refractivity contribution in [3.05, 3.63) is 54.1 Å². The van der Waals surface area contributed by atoms with Gasteiger partial charge in [-0.1, -0.05) is 30.7 Å². The molecular formula is C20H24N2O4. The molecule has 0 atom stereocenters. The molecule has 2 aromatic carbocycles. The third kappa shape index (κ3) is 5.15. The monoisotopic (exact) mass is 356 g/mol. The van der Waals surface area contributed by atoms with Gasteiger partial charge in [-0.25, -0.2) is 0 Å². The number of hydrogen-bond acceptors (Lipinski definition) is 4. The zero-order chi connectivity index (χ0) is 18.9. The van der Waals surface area contributed by atoms with Crippen molar-refractivity contribution in [2.45, 2.75) is 25.7 Å². The average Bonchev–Trinajstić information content (AvgIpc) is 2.70. The Balaban J connectivity index is 2.01. The molecule has 0 radical (unpaired) electrons. The van der Waals surface area contributed by atoms with Crippen LogP contribution in [0.15, 0.2) is 48.5 Å². The van der Waals surface area contributed by atoms with E-state index >= 15 is 0 Å². The molecule has 0 aliphatic heterocycles. The first-order valence-electron chi connectivity index (χ1n) is 8.62. The zero-order valence-electron chi connectivity index (χ0n) is 14.8. The van der Waals surface area contributed by atoms with Crippen molar-refractivity contribution in [1.82, 2.24) is 5.32 Å². The molecule has 2 amide bonds. The van der Waals surface area contributed by atoms with Gasteiger partial charge in [-0.2, -0.15) is 5.06 Å². The first-order valence-corrected chi connectivity index (χ1v) is 8.62. The van der Waals surface area contributed by atoms with Crippen molar-refractivity contribution in [3.63, 3.8) is 0 Å². The van der Waals surface area contributed by atoms with Crippen LogP contribution in [0.1, 0.15) is 36.0 Å². The molecular weight excluding hydrogens is 332 g/mol. The lowest BCUT2D eigenvalue weighted by molar-refractivity contribution is -0.123. The molecule has 6 heteroatoms. The number of aliphatic hydroxyl groups excluding tert-OH is 1. The Morgan fingerprint density at radius 1 is 0.923 bits per heavy atom. The molecule has 0 aromatic heterocycles. The summed E-state index contributed by atoms with van der Waals surface area (Å²) in [6.45, 7) is 0.114. The van der Waals surface area contributed by atoms with E-state index in [4.69, 9.17) is 5.11 Å². The molecule has 0 aliphatic rings. The minimum atomic E-state index is -0.370. The van der Waals surface area contributed by atoms with Crippen LogP contribution in [-0.2, 0) is 4.79 Å². The molecule has 0 heterocycles. The third-order valence-electron chi connectivity index (χ3n) is 4.10. The van der Waals surface area contributed by atoms with Crippen molar-refractivity contribution in [2.24, 2.45) is 0 Å². The number of anilines is 1. The summed E-state index contributed by atoms with van der Waals surface area (Å²) in [6, 6.07) is 14.2. The largest absolute Gasteiger partial charge is 0.396 e. The second-order valence-corrected chi connectivity index (χ2v) is 5.94. The number of aliphatic hydroxyl groups is 1. The summed E-state index contributed by atoms with van der Waals surface area (Å²) in [5, 5.41) is 22.0. The van der Waals surface area contributed by atoms with Crippen LogP contribution in [0, 0.1) is 0 Å². The van der Waals surface area contributed by atoms with Gasteiger partial charge in [-0.3, -0.25) is 14.8 Å². The fourth-order valence-corrected chi connectivity index (χ4v) is 2.57. The molecule has 0 spiro atoms. The molecule has 6 nitrogen and oxygen atoms in total. The molecule has 26 heavy (non-hydrogen) atoms. The van der Waals surface area contributed by atoms with Crippen LogP contribution in [0.5, 0.6) is 0 Å². The smallest absolute Gasteiger partial charge is 0.251 e. The Labute approximate surface area is 153 Å². The third-order valence-corrected chi connectivity index (χ3v) is 4.10. The van der Waals surface area contributed by atoms with Crippen LogP contribution in [-0.4, -0.2) is 35.8 Å². The lowest BCUT2D eigenvalue weighted by Gasteiger charge is -2.15. The predicted molar refractivity (Wildman–Crippen MR) is 100 cm³/mol. The Bertz CT molecular complexity index is 726. The molecule has 0 fully saturated rings. The van der Waals surface area contributed by atoms with Gasteiger partial charge in [0.1, 0.15) is 0 Å². The van der Waals surface area contributed by atoms with Gasteiger partial charge in [0.05, 0.1) is 5.69 Å². The van der Waals surface area contributed by atoms with Crippen LogP contribution in [0.3, 0.4) is 0 Å². The summed E-state index contributed by atoms with van der Waals surface area (Å²) >= 11 is 0. The highest BCUT2D eigenvalue weighted by Crippen LogP contribution is 2.23. The van der Waals surface area contributed by atoms with Gasteiger partial charge in [0, 0.05) is 25.6 Å². The second kappa shape index (κ2) is 9.70. The Morgan fingerprint density at radius 2 is 1.50 bits per heavy atom. The van der Waals surface area contributed by atoms with Gasteiger partial charge in [0.15, 0.2) is 0 Å². The van der Waals surface area contributed by atoms with Gasteiger partial charge in [0.25, 0.3) is 11.8 Å². The summed E-state index contributed by atoms with van der Waals surface area (Å²) < 4.78 is 0. The molecule has 0 unspecified atom stereocenters. The summed E-state index contributed by atoms with van der Waals surface area (Å²) in [5.74, 6) is -0.508. The van der Waals surface area contributed by atoms with E-state index in [1.807, 2.05) is 24.3 Å². The van der Waals surface area contributed by atoms with E-state index in [1.54, 1.807) is 31.3 Å². The van der Waals surface area contributed by atoms with Gasteiger partial charge < -0.3 is 10.4 Å². The van der Waals surface area contributed by atoms with Crippen molar-refractivity contribution in [3.8, 4) is 11.1 Å². The summed E-state index contributed by atoms with van der Waals surface area (Å²) in [5.41, 5.74) is 2.84. The van der Waals surface area contributed by atoms with Crippen LogP contribution < -0.4 is 10.4 Å². The number of hydroxylamine groups is 1. The zero-order valence-corrected chi connectivity index (χ0v) is 14.8. The number of nitrogens with one attached hydrogen (secondary N) is 1.